The Balaban J connectivity index is 1.79. The van der Waals surface area contributed by atoms with Gasteiger partial charge in [-0.1, -0.05) is 48.5 Å². The third kappa shape index (κ3) is 4.25. The Kier molecular flexibility index (Phi) is 5.84. The fourth-order valence-electron chi connectivity index (χ4n) is 3.34. The first-order chi connectivity index (χ1) is 13.5. The van der Waals surface area contributed by atoms with E-state index in [1.165, 1.54) is 4.90 Å². The average molecular weight is 379 g/mol. The lowest BCUT2D eigenvalue weighted by Gasteiger charge is -2.26. The second-order valence-electron chi connectivity index (χ2n) is 6.63. The van der Waals surface area contributed by atoms with Gasteiger partial charge < -0.3 is 11.1 Å². The minimum absolute atomic E-state index is 0.139. The Labute approximate surface area is 162 Å². The quantitative estimate of drug-likeness (QED) is 0.698. The molecule has 0 spiro atoms. The highest BCUT2D eigenvalue weighted by molar-refractivity contribution is 6.38. The molecule has 1 fully saturated rings. The number of hydrogen-bond acceptors (Lipinski definition) is 4. The Bertz CT molecular complexity index is 883. The number of amides is 3. The summed E-state index contributed by atoms with van der Waals surface area (Å²) in [6.45, 7) is 0. The average Bonchev–Trinajstić information content (AvgIpc) is 3.09. The summed E-state index contributed by atoms with van der Waals surface area (Å²) < 4.78 is 0. The zero-order valence-electron chi connectivity index (χ0n) is 15.2. The van der Waals surface area contributed by atoms with Crippen LogP contribution in [0.4, 0.5) is 5.69 Å². The van der Waals surface area contributed by atoms with Crippen LogP contribution in [0.25, 0.3) is 0 Å². The summed E-state index contributed by atoms with van der Waals surface area (Å²) >= 11 is 0. The number of rotatable bonds is 7. The monoisotopic (exact) mass is 379 g/mol. The summed E-state index contributed by atoms with van der Waals surface area (Å²) in [5.74, 6) is -2.62. The molecule has 7 nitrogen and oxygen atoms in total. The fraction of sp³-hybridized carbons (Fsp3) is 0.238. The van der Waals surface area contributed by atoms with E-state index in [4.69, 9.17) is 5.73 Å². The van der Waals surface area contributed by atoms with Gasteiger partial charge in [-0.15, -0.1) is 0 Å². The van der Waals surface area contributed by atoms with E-state index in [0.29, 0.717) is 12.1 Å². The number of carbonyl (C=O) groups excluding carboxylic acids is 4. The van der Waals surface area contributed by atoms with Gasteiger partial charge in [0.2, 0.25) is 17.6 Å². The lowest BCUT2D eigenvalue weighted by atomic mass is 10.0. The Hall–Kier alpha value is -3.48. The number of nitrogens with zero attached hydrogens (tertiary/aromatic N) is 1. The molecule has 1 saturated heterocycles. The molecule has 0 radical (unpaired) electrons. The zero-order valence-corrected chi connectivity index (χ0v) is 15.2. The van der Waals surface area contributed by atoms with Gasteiger partial charge in [0.25, 0.3) is 5.91 Å². The molecule has 144 valence electrons. The van der Waals surface area contributed by atoms with Gasteiger partial charge in [-0.2, -0.15) is 0 Å². The smallest absolute Gasteiger partial charge is 0.287 e. The van der Waals surface area contributed by atoms with Crippen LogP contribution in [0.3, 0.4) is 0 Å². The van der Waals surface area contributed by atoms with E-state index in [-0.39, 0.29) is 18.7 Å². The Morgan fingerprint density at radius 2 is 1.64 bits per heavy atom. The van der Waals surface area contributed by atoms with Crippen molar-refractivity contribution < 1.29 is 19.2 Å². The molecule has 2 unspecified atom stereocenters. The van der Waals surface area contributed by atoms with Crippen molar-refractivity contribution in [1.82, 2.24) is 5.32 Å². The third-order valence-electron chi connectivity index (χ3n) is 4.71. The van der Waals surface area contributed by atoms with Crippen molar-refractivity contribution >= 4 is 29.2 Å². The summed E-state index contributed by atoms with van der Waals surface area (Å²) in [6, 6.07) is 16.1. The van der Waals surface area contributed by atoms with Crippen molar-refractivity contribution in [3.8, 4) is 0 Å². The summed E-state index contributed by atoms with van der Waals surface area (Å²) in [4.78, 5) is 50.3. The SMILES string of the molecule is NC(=O)C(=O)C(Cc1ccccc1)NC(=O)C1CCC(=O)N1c1ccccc1. The van der Waals surface area contributed by atoms with Gasteiger partial charge in [0.05, 0.1) is 0 Å². The summed E-state index contributed by atoms with van der Waals surface area (Å²) in [7, 11) is 0. The molecule has 2 atom stereocenters. The van der Waals surface area contributed by atoms with Crippen LogP contribution in [-0.2, 0) is 25.6 Å². The molecule has 0 bridgehead atoms. The van der Waals surface area contributed by atoms with E-state index in [0.717, 1.165) is 5.56 Å². The van der Waals surface area contributed by atoms with Gasteiger partial charge in [-0.25, -0.2) is 0 Å². The molecular weight excluding hydrogens is 358 g/mol. The maximum absolute atomic E-state index is 12.9. The minimum Gasteiger partial charge on any atom is -0.363 e. The number of benzene rings is 2. The molecule has 7 heteroatoms. The molecule has 3 rings (SSSR count). The molecule has 0 aliphatic carbocycles. The molecule has 2 aromatic rings. The molecule has 3 amide bonds. The van der Waals surface area contributed by atoms with E-state index in [1.807, 2.05) is 12.1 Å². The first kappa shape index (κ1) is 19.3. The highest BCUT2D eigenvalue weighted by atomic mass is 16.2. The molecule has 1 aliphatic heterocycles. The highest BCUT2D eigenvalue weighted by Crippen LogP contribution is 2.26. The first-order valence-electron chi connectivity index (χ1n) is 9.02. The van der Waals surface area contributed by atoms with Crippen LogP contribution in [0.1, 0.15) is 18.4 Å². The third-order valence-corrected chi connectivity index (χ3v) is 4.71. The number of carbonyl (C=O) groups is 4. The predicted octanol–water partition coefficient (Wildman–Crippen LogP) is 0.964. The van der Waals surface area contributed by atoms with E-state index < -0.39 is 29.7 Å². The van der Waals surface area contributed by atoms with Crippen LogP contribution < -0.4 is 16.0 Å². The minimum atomic E-state index is -1.11. The predicted molar refractivity (Wildman–Crippen MR) is 103 cm³/mol. The summed E-state index contributed by atoms with van der Waals surface area (Å²) in [5, 5.41) is 2.63. The zero-order chi connectivity index (χ0) is 20.1. The number of ketones is 1. The molecule has 3 N–H and O–H groups in total. The van der Waals surface area contributed by atoms with Crippen molar-refractivity contribution in [2.45, 2.75) is 31.3 Å². The number of hydrogen-bond donors (Lipinski definition) is 2. The van der Waals surface area contributed by atoms with Crippen LogP contribution in [0.2, 0.25) is 0 Å². The van der Waals surface area contributed by atoms with Crippen molar-refractivity contribution in [1.29, 1.82) is 0 Å². The van der Waals surface area contributed by atoms with E-state index in [1.54, 1.807) is 48.5 Å². The Morgan fingerprint density at radius 3 is 2.25 bits per heavy atom. The topological polar surface area (TPSA) is 110 Å². The maximum Gasteiger partial charge on any atom is 0.287 e. The number of nitrogens with one attached hydrogen (secondary N) is 1. The second kappa shape index (κ2) is 8.47. The van der Waals surface area contributed by atoms with Crippen LogP contribution >= 0.6 is 0 Å². The van der Waals surface area contributed by atoms with Gasteiger partial charge >= 0.3 is 0 Å². The van der Waals surface area contributed by atoms with E-state index in [9.17, 15) is 19.2 Å². The number of nitrogens with two attached hydrogens (primary N) is 1. The molecular formula is C21H21N3O4. The number of anilines is 1. The van der Waals surface area contributed by atoms with Gasteiger partial charge in [-0.3, -0.25) is 24.1 Å². The lowest BCUT2D eigenvalue weighted by Crippen LogP contribution is -2.53. The standard InChI is InChI=1S/C21H21N3O4/c22-20(27)19(26)16(13-14-7-3-1-4-8-14)23-21(28)17-11-12-18(25)24(17)15-9-5-2-6-10-15/h1-10,16-17H,11-13H2,(H2,22,27)(H,23,28). The van der Waals surface area contributed by atoms with Crippen molar-refractivity contribution in [3.05, 3.63) is 66.2 Å². The highest BCUT2D eigenvalue weighted by Gasteiger charge is 2.38. The fourth-order valence-corrected chi connectivity index (χ4v) is 3.34. The molecule has 0 aromatic heterocycles. The van der Waals surface area contributed by atoms with Crippen LogP contribution in [0.15, 0.2) is 60.7 Å². The molecule has 1 aliphatic rings. The maximum atomic E-state index is 12.9. The summed E-state index contributed by atoms with van der Waals surface area (Å²) in [5.41, 5.74) is 6.55. The number of Topliss-reactive ketones (excluding diaryl/α,β-unsaturated/α-hetero) is 1. The van der Waals surface area contributed by atoms with Crippen LogP contribution in [0.5, 0.6) is 0 Å². The normalized spacial score (nSPS) is 17.2. The van der Waals surface area contributed by atoms with Crippen molar-refractivity contribution in [2.75, 3.05) is 4.90 Å². The first-order valence-corrected chi connectivity index (χ1v) is 9.02. The van der Waals surface area contributed by atoms with E-state index in [2.05, 4.69) is 5.32 Å². The summed E-state index contributed by atoms with van der Waals surface area (Å²) in [6.07, 6.45) is 0.711. The molecule has 2 aromatic carbocycles. The number of para-hydroxylation sites is 1. The van der Waals surface area contributed by atoms with E-state index >= 15 is 0 Å². The van der Waals surface area contributed by atoms with Crippen LogP contribution in [-0.4, -0.2) is 35.6 Å². The number of primary amides is 1. The van der Waals surface area contributed by atoms with Crippen molar-refractivity contribution in [3.63, 3.8) is 0 Å². The van der Waals surface area contributed by atoms with Crippen molar-refractivity contribution in [2.24, 2.45) is 5.73 Å². The lowest BCUT2D eigenvalue weighted by molar-refractivity contribution is -0.138. The molecule has 0 saturated carbocycles. The molecule has 28 heavy (non-hydrogen) atoms. The van der Waals surface area contributed by atoms with Gasteiger partial charge in [-0.05, 0) is 24.1 Å². The largest absolute Gasteiger partial charge is 0.363 e. The van der Waals surface area contributed by atoms with Gasteiger partial charge in [0.1, 0.15) is 12.1 Å². The Morgan fingerprint density at radius 1 is 1.04 bits per heavy atom. The van der Waals surface area contributed by atoms with Gasteiger partial charge in [0.15, 0.2) is 0 Å². The van der Waals surface area contributed by atoms with Crippen LogP contribution in [0, 0.1) is 0 Å². The molecule has 1 heterocycles. The van der Waals surface area contributed by atoms with Gasteiger partial charge in [0, 0.05) is 18.5 Å². The second-order valence-corrected chi connectivity index (χ2v) is 6.63.